The fourth-order valence-corrected chi connectivity index (χ4v) is 1.68. The van der Waals surface area contributed by atoms with Gasteiger partial charge in [-0.2, -0.15) is 0 Å². The Hall–Kier alpha value is -1.39. The van der Waals surface area contributed by atoms with Crippen LogP contribution < -0.4 is 0 Å². The van der Waals surface area contributed by atoms with Crippen molar-refractivity contribution in [2.75, 3.05) is 19.6 Å². The maximum Gasteiger partial charge on any atom is 0.269 e. The van der Waals surface area contributed by atoms with E-state index < -0.39 is 0 Å². The van der Waals surface area contributed by atoms with Crippen molar-refractivity contribution >= 4 is 18.1 Å². The molecule has 4 nitrogen and oxygen atoms in total. The van der Waals surface area contributed by atoms with Gasteiger partial charge in [-0.15, -0.1) is 12.4 Å². The second-order valence-electron chi connectivity index (χ2n) is 4.08. The van der Waals surface area contributed by atoms with Gasteiger partial charge in [-0.05, 0) is 25.1 Å². The summed E-state index contributed by atoms with van der Waals surface area (Å²) in [6.07, 6.45) is 5.08. The summed E-state index contributed by atoms with van der Waals surface area (Å²) in [7, 11) is 0. The van der Waals surface area contributed by atoms with Crippen LogP contribution in [0.1, 0.15) is 19.4 Å². The van der Waals surface area contributed by atoms with Gasteiger partial charge in [-0.3, -0.25) is 10.1 Å². The zero-order valence-corrected chi connectivity index (χ0v) is 12.2. The quantitative estimate of drug-likeness (QED) is 0.438. The molecule has 0 unspecified atom stereocenters. The Morgan fingerprint density at radius 3 is 2.21 bits per heavy atom. The number of non-ortho nitro benzene ring substituents is 1. The summed E-state index contributed by atoms with van der Waals surface area (Å²) in [5, 5.41) is 10.5. The third kappa shape index (κ3) is 6.36. The van der Waals surface area contributed by atoms with E-state index in [1.165, 1.54) is 0 Å². The van der Waals surface area contributed by atoms with E-state index in [4.69, 9.17) is 0 Å². The lowest BCUT2D eigenvalue weighted by Gasteiger charge is -2.14. The van der Waals surface area contributed by atoms with Crippen molar-refractivity contribution < 1.29 is 4.92 Å². The highest BCUT2D eigenvalue weighted by Gasteiger charge is 2.02. The van der Waals surface area contributed by atoms with Crippen LogP contribution in [0.2, 0.25) is 0 Å². The molecule has 0 radical (unpaired) electrons. The molecule has 106 valence electrons. The van der Waals surface area contributed by atoms with Crippen molar-refractivity contribution in [1.29, 1.82) is 0 Å². The van der Waals surface area contributed by atoms with E-state index in [1.54, 1.807) is 24.3 Å². The molecule has 5 heteroatoms. The maximum atomic E-state index is 10.5. The van der Waals surface area contributed by atoms with Gasteiger partial charge in [-0.1, -0.05) is 38.1 Å². The van der Waals surface area contributed by atoms with Crippen LogP contribution in [0.15, 0.2) is 36.4 Å². The number of halogens is 1. The SMILES string of the molecule is CCN(CC)CC=CCc1ccc([N+](=O)[O-])cc1.Cl. The second-order valence-corrected chi connectivity index (χ2v) is 4.08. The third-order valence-corrected chi connectivity index (χ3v) is 2.93. The highest BCUT2D eigenvalue weighted by molar-refractivity contribution is 5.85. The van der Waals surface area contributed by atoms with E-state index in [2.05, 4.69) is 30.9 Å². The number of allylic oxidation sites excluding steroid dienone is 1. The van der Waals surface area contributed by atoms with Crippen molar-refractivity contribution in [3.8, 4) is 0 Å². The van der Waals surface area contributed by atoms with Crippen LogP contribution in [0.4, 0.5) is 5.69 Å². The zero-order valence-electron chi connectivity index (χ0n) is 11.4. The highest BCUT2D eigenvalue weighted by atomic mass is 35.5. The van der Waals surface area contributed by atoms with Crippen molar-refractivity contribution in [1.82, 2.24) is 4.90 Å². The van der Waals surface area contributed by atoms with Crippen LogP contribution in [0.25, 0.3) is 0 Å². The molecule has 19 heavy (non-hydrogen) atoms. The molecular weight excluding hydrogens is 264 g/mol. The molecule has 0 aliphatic carbocycles. The Kier molecular flexibility index (Phi) is 8.83. The Bertz CT molecular complexity index is 400. The molecule has 0 N–H and O–H groups in total. The molecule has 1 aromatic rings. The van der Waals surface area contributed by atoms with E-state index in [0.717, 1.165) is 31.6 Å². The van der Waals surface area contributed by atoms with Crippen LogP contribution in [0.5, 0.6) is 0 Å². The average molecular weight is 285 g/mol. The lowest BCUT2D eigenvalue weighted by molar-refractivity contribution is -0.384. The van der Waals surface area contributed by atoms with Gasteiger partial charge in [0.25, 0.3) is 5.69 Å². The predicted molar refractivity (Wildman–Crippen MR) is 81.0 cm³/mol. The minimum Gasteiger partial charge on any atom is -0.300 e. The molecule has 0 bridgehead atoms. The predicted octanol–water partition coefficient (Wildman–Crippen LogP) is 3.46. The molecule has 0 aliphatic rings. The summed E-state index contributed by atoms with van der Waals surface area (Å²) in [5.41, 5.74) is 1.24. The lowest BCUT2D eigenvalue weighted by Crippen LogP contribution is -2.22. The molecule has 0 atom stereocenters. The van der Waals surface area contributed by atoms with Crippen LogP contribution in [-0.4, -0.2) is 29.5 Å². The molecule has 0 amide bonds. The molecule has 0 fully saturated rings. The van der Waals surface area contributed by atoms with Crippen molar-refractivity contribution in [2.45, 2.75) is 20.3 Å². The third-order valence-electron chi connectivity index (χ3n) is 2.93. The fourth-order valence-electron chi connectivity index (χ4n) is 1.68. The first-order valence-electron chi connectivity index (χ1n) is 6.28. The van der Waals surface area contributed by atoms with E-state index in [9.17, 15) is 10.1 Å². The van der Waals surface area contributed by atoms with Gasteiger partial charge >= 0.3 is 0 Å². The van der Waals surface area contributed by atoms with Crippen LogP contribution in [0.3, 0.4) is 0 Å². The molecular formula is C14H21ClN2O2. The van der Waals surface area contributed by atoms with E-state index >= 15 is 0 Å². The number of nitro benzene ring substituents is 1. The first-order valence-corrected chi connectivity index (χ1v) is 6.28. The first kappa shape index (κ1) is 17.6. The molecule has 1 rings (SSSR count). The maximum absolute atomic E-state index is 10.5. The average Bonchev–Trinajstić information content (AvgIpc) is 2.39. The number of benzene rings is 1. The molecule has 0 aliphatic heterocycles. The van der Waals surface area contributed by atoms with Gasteiger partial charge in [0, 0.05) is 18.7 Å². The Morgan fingerprint density at radius 2 is 1.74 bits per heavy atom. The van der Waals surface area contributed by atoms with Crippen LogP contribution in [0, 0.1) is 10.1 Å². The lowest BCUT2D eigenvalue weighted by atomic mass is 10.1. The first-order chi connectivity index (χ1) is 8.67. The summed E-state index contributed by atoms with van der Waals surface area (Å²) in [6.45, 7) is 7.36. The van der Waals surface area contributed by atoms with E-state index in [-0.39, 0.29) is 23.0 Å². The van der Waals surface area contributed by atoms with Gasteiger partial charge in [0.2, 0.25) is 0 Å². The number of hydrogen-bond donors (Lipinski definition) is 0. The summed E-state index contributed by atoms with van der Waals surface area (Å²) < 4.78 is 0. The zero-order chi connectivity index (χ0) is 13.4. The van der Waals surface area contributed by atoms with Crippen molar-refractivity contribution in [3.63, 3.8) is 0 Å². The summed E-state index contributed by atoms with van der Waals surface area (Å²) >= 11 is 0. The highest BCUT2D eigenvalue weighted by Crippen LogP contribution is 2.12. The second kappa shape index (κ2) is 9.53. The molecule has 1 aromatic carbocycles. The van der Waals surface area contributed by atoms with Gasteiger partial charge in [-0.25, -0.2) is 0 Å². The fraction of sp³-hybridized carbons (Fsp3) is 0.429. The number of hydrogen-bond acceptors (Lipinski definition) is 3. The molecule has 0 saturated heterocycles. The minimum absolute atomic E-state index is 0. The number of nitrogens with zero attached hydrogens (tertiary/aromatic N) is 2. The van der Waals surface area contributed by atoms with E-state index in [0.29, 0.717) is 0 Å². The Morgan fingerprint density at radius 1 is 1.16 bits per heavy atom. The molecule has 0 spiro atoms. The summed E-state index contributed by atoms with van der Waals surface area (Å²) in [4.78, 5) is 12.5. The minimum atomic E-state index is -0.375. The van der Waals surface area contributed by atoms with Crippen molar-refractivity contribution in [2.24, 2.45) is 0 Å². The molecule has 0 aromatic heterocycles. The number of nitro groups is 1. The normalized spacial score (nSPS) is 10.7. The number of likely N-dealkylation sites (N-methyl/N-ethyl adjacent to an activating group) is 1. The van der Waals surface area contributed by atoms with Gasteiger partial charge in [0.15, 0.2) is 0 Å². The Labute approximate surface area is 120 Å². The number of rotatable bonds is 7. The molecule has 0 heterocycles. The standard InChI is InChI=1S/C14H20N2O2.ClH/c1-3-15(4-2)12-6-5-7-13-8-10-14(11-9-13)16(17)18;/h5-6,8-11H,3-4,7,12H2,1-2H3;1H. The van der Waals surface area contributed by atoms with Gasteiger partial charge < -0.3 is 4.90 Å². The smallest absolute Gasteiger partial charge is 0.269 e. The van der Waals surface area contributed by atoms with Crippen molar-refractivity contribution in [3.05, 3.63) is 52.1 Å². The van der Waals surface area contributed by atoms with Crippen LogP contribution >= 0.6 is 12.4 Å². The van der Waals surface area contributed by atoms with Crippen LogP contribution in [-0.2, 0) is 6.42 Å². The molecule has 0 saturated carbocycles. The summed E-state index contributed by atoms with van der Waals surface area (Å²) in [6, 6.07) is 6.71. The largest absolute Gasteiger partial charge is 0.300 e. The summed E-state index contributed by atoms with van der Waals surface area (Å²) in [5.74, 6) is 0. The van der Waals surface area contributed by atoms with Gasteiger partial charge in [0.05, 0.1) is 4.92 Å². The Balaban J connectivity index is 0.00000324. The van der Waals surface area contributed by atoms with E-state index in [1.807, 2.05) is 0 Å². The topological polar surface area (TPSA) is 46.4 Å². The monoisotopic (exact) mass is 284 g/mol. The van der Waals surface area contributed by atoms with Gasteiger partial charge in [0.1, 0.15) is 0 Å².